The van der Waals surface area contributed by atoms with Crippen molar-refractivity contribution in [1.82, 2.24) is 4.90 Å². The minimum absolute atomic E-state index is 0.0158. The molecule has 1 saturated heterocycles. The van der Waals surface area contributed by atoms with E-state index in [0.717, 1.165) is 12.1 Å². The summed E-state index contributed by atoms with van der Waals surface area (Å²) < 4.78 is 66.5. The SMILES string of the molecule is CC(C)C(CNc1ccc(S(=O)(=O)C(F)(F)F)cc1[N+](=O)[O-])N1CCOCC1. The van der Waals surface area contributed by atoms with Gasteiger partial charge in [-0.2, -0.15) is 13.2 Å². The molecule has 1 aliphatic heterocycles. The van der Waals surface area contributed by atoms with Gasteiger partial charge in [0.05, 0.1) is 23.0 Å². The van der Waals surface area contributed by atoms with Crippen LogP contribution in [-0.4, -0.2) is 62.6 Å². The van der Waals surface area contributed by atoms with Gasteiger partial charge in [-0.15, -0.1) is 0 Å². The molecule has 1 heterocycles. The maximum absolute atomic E-state index is 12.7. The molecule has 0 spiro atoms. The van der Waals surface area contributed by atoms with Crippen molar-refractivity contribution in [3.63, 3.8) is 0 Å². The number of nitrogens with zero attached hydrogens (tertiary/aromatic N) is 2. The third kappa shape index (κ3) is 4.92. The molecule has 1 N–H and O–H groups in total. The summed E-state index contributed by atoms with van der Waals surface area (Å²) in [5, 5.41) is 14.2. The Labute approximate surface area is 160 Å². The zero-order valence-corrected chi connectivity index (χ0v) is 16.2. The van der Waals surface area contributed by atoms with Gasteiger partial charge in [0.25, 0.3) is 15.5 Å². The van der Waals surface area contributed by atoms with E-state index in [9.17, 15) is 31.7 Å². The summed E-state index contributed by atoms with van der Waals surface area (Å²) >= 11 is 0. The van der Waals surface area contributed by atoms with Crippen LogP contribution in [0, 0.1) is 16.0 Å². The predicted molar refractivity (Wildman–Crippen MR) is 95.8 cm³/mol. The van der Waals surface area contributed by atoms with Gasteiger partial charge in [0.2, 0.25) is 0 Å². The highest BCUT2D eigenvalue weighted by Crippen LogP contribution is 2.34. The fraction of sp³-hybridized carbons (Fsp3) is 0.625. The maximum Gasteiger partial charge on any atom is 0.501 e. The molecular weight excluding hydrogens is 403 g/mol. The number of ether oxygens (including phenoxy) is 1. The Morgan fingerprint density at radius 3 is 2.39 bits per heavy atom. The van der Waals surface area contributed by atoms with E-state index in [4.69, 9.17) is 4.74 Å². The predicted octanol–water partition coefficient (Wildman–Crippen LogP) is 2.66. The highest BCUT2D eigenvalue weighted by molar-refractivity contribution is 7.92. The van der Waals surface area contributed by atoms with E-state index >= 15 is 0 Å². The molecular formula is C16H22F3N3O5S. The van der Waals surface area contributed by atoms with E-state index in [1.807, 2.05) is 13.8 Å². The van der Waals surface area contributed by atoms with Gasteiger partial charge in [-0.25, -0.2) is 8.42 Å². The number of benzene rings is 1. The van der Waals surface area contributed by atoms with Gasteiger partial charge in [0.1, 0.15) is 5.69 Å². The Bertz CT molecular complexity index is 808. The van der Waals surface area contributed by atoms with Crippen molar-refractivity contribution >= 4 is 21.2 Å². The van der Waals surface area contributed by atoms with Crippen LogP contribution in [0.15, 0.2) is 23.1 Å². The van der Waals surface area contributed by atoms with Crippen molar-refractivity contribution < 1.29 is 31.2 Å². The van der Waals surface area contributed by atoms with E-state index in [-0.39, 0.29) is 17.6 Å². The van der Waals surface area contributed by atoms with Crippen LogP contribution in [0.3, 0.4) is 0 Å². The van der Waals surface area contributed by atoms with Gasteiger partial charge in [-0.05, 0) is 18.1 Å². The van der Waals surface area contributed by atoms with E-state index in [1.165, 1.54) is 0 Å². The molecule has 0 saturated carbocycles. The average molecular weight is 425 g/mol. The molecule has 158 valence electrons. The Morgan fingerprint density at radius 2 is 1.89 bits per heavy atom. The number of halogens is 3. The number of sulfone groups is 1. The second-order valence-electron chi connectivity index (χ2n) is 6.73. The zero-order valence-electron chi connectivity index (χ0n) is 15.4. The minimum Gasteiger partial charge on any atom is -0.379 e. The van der Waals surface area contributed by atoms with E-state index in [2.05, 4.69) is 10.2 Å². The first kappa shape index (κ1) is 22.4. The van der Waals surface area contributed by atoms with Crippen LogP contribution < -0.4 is 5.32 Å². The third-order valence-corrected chi connectivity index (χ3v) is 6.05. The van der Waals surface area contributed by atoms with Gasteiger partial charge in [0.15, 0.2) is 0 Å². The molecule has 0 aliphatic carbocycles. The first-order valence-electron chi connectivity index (χ1n) is 8.60. The van der Waals surface area contributed by atoms with Crippen LogP contribution in [0.1, 0.15) is 13.8 Å². The quantitative estimate of drug-likeness (QED) is 0.529. The second kappa shape index (κ2) is 8.62. The van der Waals surface area contributed by atoms with E-state index < -0.39 is 30.9 Å². The number of nitro groups is 1. The van der Waals surface area contributed by atoms with Crippen molar-refractivity contribution in [2.24, 2.45) is 5.92 Å². The number of morpholine rings is 1. The molecule has 0 radical (unpaired) electrons. The van der Waals surface area contributed by atoms with Crippen LogP contribution in [0.4, 0.5) is 24.5 Å². The zero-order chi connectivity index (χ0) is 21.1. The van der Waals surface area contributed by atoms with Gasteiger partial charge in [-0.3, -0.25) is 15.0 Å². The van der Waals surface area contributed by atoms with Crippen LogP contribution in [-0.2, 0) is 14.6 Å². The highest BCUT2D eigenvalue weighted by atomic mass is 32.2. The largest absolute Gasteiger partial charge is 0.501 e. The van der Waals surface area contributed by atoms with Gasteiger partial charge < -0.3 is 10.1 Å². The van der Waals surface area contributed by atoms with Crippen molar-refractivity contribution in [1.29, 1.82) is 0 Å². The van der Waals surface area contributed by atoms with Gasteiger partial charge in [0, 0.05) is 31.7 Å². The van der Waals surface area contributed by atoms with Crippen molar-refractivity contribution in [2.45, 2.75) is 30.3 Å². The number of hydrogen-bond donors (Lipinski definition) is 1. The molecule has 12 heteroatoms. The van der Waals surface area contributed by atoms with Crippen LogP contribution in [0.25, 0.3) is 0 Å². The van der Waals surface area contributed by atoms with E-state index in [1.54, 1.807) is 0 Å². The standard InChI is InChI=1S/C16H22F3N3O5S/c1-11(2)15(21-5-7-27-8-6-21)10-20-13-4-3-12(9-14(13)22(23)24)28(25,26)16(17,18)19/h3-4,9,11,15,20H,5-8,10H2,1-2H3. The van der Waals surface area contributed by atoms with E-state index in [0.29, 0.717) is 38.9 Å². The first-order valence-corrected chi connectivity index (χ1v) is 10.1. The molecule has 28 heavy (non-hydrogen) atoms. The second-order valence-corrected chi connectivity index (χ2v) is 8.67. The van der Waals surface area contributed by atoms with Crippen molar-refractivity contribution in [3.8, 4) is 0 Å². The summed E-state index contributed by atoms with van der Waals surface area (Å²) in [6.45, 7) is 6.86. The number of nitro benzene ring substituents is 1. The number of hydrogen-bond acceptors (Lipinski definition) is 7. The molecule has 1 fully saturated rings. The minimum atomic E-state index is -5.67. The summed E-state index contributed by atoms with van der Waals surface area (Å²) in [6, 6.07) is 2.16. The Kier molecular flexibility index (Phi) is 6.88. The summed E-state index contributed by atoms with van der Waals surface area (Å²) in [4.78, 5) is 11.4. The van der Waals surface area contributed by atoms with Crippen molar-refractivity contribution in [2.75, 3.05) is 38.2 Å². The summed E-state index contributed by atoms with van der Waals surface area (Å²) in [7, 11) is -5.67. The molecule has 0 amide bonds. The number of anilines is 1. The molecule has 0 bridgehead atoms. The number of alkyl halides is 3. The molecule has 0 aromatic heterocycles. The molecule has 1 aliphatic rings. The van der Waals surface area contributed by atoms with Gasteiger partial charge in [-0.1, -0.05) is 13.8 Å². The Hall–Kier alpha value is -1.92. The molecule has 1 aromatic carbocycles. The smallest absolute Gasteiger partial charge is 0.379 e. The van der Waals surface area contributed by atoms with Crippen molar-refractivity contribution in [3.05, 3.63) is 28.3 Å². The summed E-state index contributed by atoms with van der Waals surface area (Å²) in [6.07, 6.45) is 0. The maximum atomic E-state index is 12.7. The fourth-order valence-corrected chi connectivity index (χ4v) is 3.80. The Morgan fingerprint density at radius 1 is 1.29 bits per heavy atom. The molecule has 1 atom stereocenters. The number of nitrogens with one attached hydrogen (secondary N) is 1. The fourth-order valence-electron chi connectivity index (χ4n) is 3.02. The third-order valence-electron chi connectivity index (χ3n) is 4.57. The lowest BCUT2D eigenvalue weighted by atomic mass is 10.0. The molecule has 8 nitrogen and oxygen atoms in total. The molecule has 1 unspecified atom stereocenters. The highest BCUT2D eigenvalue weighted by Gasteiger charge is 2.47. The van der Waals surface area contributed by atoms with Crippen LogP contribution in [0.2, 0.25) is 0 Å². The Balaban J connectivity index is 2.26. The first-order chi connectivity index (χ1) is 12.9. The summed E-state index contributed by atoms with van der Waals surface area (Å²) in [5.74, 6) is 0.203. The van der Waals surface area contributed by atoms with Crippen LogP contribution in [0.5, 0.6) is 0 Å². The monoisotopic (exact) mass is 425 g/mol. The lowest BCUT2D eigenvalue weighted by Crippen LogP contribution is -2.49. The average Bonchev–Trinajstić information content (AvgIpc) is 2.61. The molecule has 1 aromatic rings. The molecule has 2 rings (SSSR count). The number of rotatable bonds is 7. The topological polar surface area (TPSA) is 102 Å². The van der Waals surface area contributed by atoms with Gasteiger partial charge >= 0.3 is 5.51 Å². The lowest BCUT2D eigenvalue weighted by Gasteiger charge is -2.37. The summed E-state index contributed by atoms with van der Waals surface area (Å²) in [5.41, 5.74) is -6.30. The normalized spacial score (nSPS) is 17.5. The lowest BCUT2D eigenvalue weighted by molar-refractivity contribution is -0.384. The van der Waals surface area contributed by atoms with Crippen LogP contribution >= 0.6 is 0 Å².